The Morgan fingerprint density at radius 2 is 1.67 bits per heavy atom. The molecule has 1 amide bonds. The van der Waals surface area contributed by atoms with E-state index in [-0.39, 0.29) is 11.4 Å². The lowest BCUT2D eigenvalue weighted by Crippen LogP contribution is -2.41. The molecule has 0 radical (unpaired) electrons. The summed E-state index contributed by atoms with van der Waals surface area (Å²) < 4.78 is 0. The van der Waals surface area contributed by atoms with Gasteiger partial charge in [-0.3, -0.25) is 4.79 Å². The zero-order valence-electron chi connectivity index (χ0n) is 11.2. The van der Waals surface area contributed by atoms with Crippen molar-refractivity contribution in [2.75, 3.05) is 6.54 Å². The van der Waals surface area contributed by atoms with Crippen LogP contribution in [0.2, 0.25) is 0 Å². The van der Waals surface area contributed by atoms with E-state index in [0.717, 1.165) is 6.54 Å². The summed E-state index contributed by atoms with van der Waals surface area (Å²) in [5.74, 6) is 0.132. The minimum absolute atomic E-state index is 0.0637. The molecular weight excluding hydrogens is 186 g/mol. The minimum atomic E-state index is -0.0637. The van der Waals surface area contributed by atoms with Crippen LogP contribution in [0.5, 0.6) is 0 Å². The summed E-state index contributed by atoms with van der Waals surface area (Å²) in [6.45, 7) is 15.6. The van der Waals surface area contributed by atoms with Crippen molar-refractivity contribution in [2.24, 2.45) is 5.41 Å². The van der Waals surface area contributed by atoms with Crippen LogP contribution in [0, 0.1) is 5.41 Å². The van der Waals surface area contributed by atoms with Crippen molar-refractivity contribution in [3.63, 3.8) is 0 Å². The van der Waals surface area contributed by atoms with Crippen LogP contribution in [0.25, 0.3) is 0 Å². The molecule has 0 unspecified atom stereocenters. The fraction of sp³-hybridized carbons (Fsp3) is 0.769. The lowest BCUT2D eigenvalue weighted by atomic mass is 10.0. The number of hydrogen-bond donors (Lipinski definition) is 0. The lowest BCUT2D eigenvalue weighted by Gasteiger charge is -2.29. The van der Waals surface area contributed by atoms with Crippen molar-refractivity contribution in [1.29, 1.82) is 0 Å². The molecule has 1 aliphatic rings. The molecule has 15 heavy (non-hydrogen) atoms. The molecule has 0 aromatic rings. The van der Waals surface area contributed by atoms with Gasteiger partial charge >= 0.3 is 0 Å². The molecule has 0 saturated heterocycles. The molecule has 1 rings (SSSR count). The second kappa shape index (κ2) is 4.82. The highest BCUT2D eigenvalue weighted by Crippen LogP contribution is 2.21. The summed E-state index contributed by atoms with van der Waals surface area (Å²) in [5.41, 5.74) is 0.436. The first-order valence-electron chi connectivity index (χ1n) is 5.59. The molecule has 0 bridgehead atoms. The quantitative estimate of drug-likeness (QED) is 0.652. The Balaban J connectivity index is 0.000000336. The number of nitrogens with zero attached hydrogens (tertiary/aromatic N) is 1. The number of hydrogen-bond acceptors (Lipinski definition) is 1. The maximum Gasteiger partial charge on any atom is 0.246 e. The maximum absolute atomic E-state index is 11.1. The highest BCUT2D eigenvalue weighted by atomic mass is 16.2. The largest absolute Gasteiger partial charge is 0.331 e. The van der Waals surface area contributed by atoms with E-state index in [4.69, 9.17) is 0 Å². The van der Waals surface area contributed by atoms with Gasteiger partial charge < -0.3 is 4.90 Å². The van der Waals surface area contributed by atoms with E-state index in [9.17, 15) is 4.79 Å². The van der Waals surface area contributed by atoms with Gasteiger partial charge in [-0.15, -0.1) is 0 Å². The van der Waals surface area contributed by atoms with E-state index in [2.05, 4.69) is 27.7 Å². The van der Waals surface area contributed by atoms with Crippen molar-refractivity contribution < 1.29 is 4.79 Å². The first-order chi connectivity index (χ1) is 6.58. The van der Waals surface area contributed by atoms with Crippen LogP contribution in [0.15, 0.2) is 12.2 Å². The van der Waals surface area contributed by atoms with Crippen LogP contribution in [-0.2, 0) is 4.79 Å². The second-order valence-corrected chi connectivity index (χ2v) is 6.07. The predicted molar refractivity (Wildman–Crippen MR) is 65.7 cm³/mol. The van der Waals surface area contributed by atoms with E-state index in [0.29, 0.717) is 5.41 Å². The third-order valence-corrected chi connectivity index (χ3v) is 1.91. The Kier molecular flexibility index (Phi) is 4.57. The number of likely N-dealkylation sites (N-methyl/N-ethyl adjacent to an activating group) is 1. The first kappa shape index (κ1) is 14.2. The van der Waals surface area contributed by atoms with E-state index >= 15 is 0 Å². The first-order valence-corrected chi connectivity index (χ1v) is 5.59. The third-order valence-electron chi connectivity index (χ3n) is 1.91. The summed E-state index contributed by atoms with van der Waals surface area (Å²) in [6.07, 6.45) is 3.59. The summed E-state index contributed by atoms with van der Waals surface area (Å²) >= 11 is 0. The Morgan fingerprint density at radius 1 is 1.27 bits per heavy atom. The zero-order chi connectivity index (χ0) is 12.3. The molecule has 0 spiro atoms. The second-order valence-electron chi connectivity index (χ2n) is 6.07. The topological polar surface area (TPSA) is 20.3 Å². The Bertz CT molecular complexity index is 240. The molecule has 2 heteroatoms. The summed E-state index contributed by atoms with van der Waals surface area (Å²) in [7, 11) is 0. The average Bonchev–Trinajstić information content (AvgIpc) is 2.22. The van der Waals surface area contributed by atoms with Gasteiger partial charge in [0, 0.05) is 12.6 Å². The number of carbonyl (C=O) groups is 1. The highest BCUT2D eigenvalue weighted by molar-refractivity contribution is 5.91. The van der Waals surface area contributed by atoms with Gasteiger partial charge in [0.15, 0.2) is 0 Å². The molecule has 0 atom stereocenters. The van der Waals surface area contributed by atoms with E-state index < -0.39 is 0 Å². The molecule has 0 aliphatic carbocycles. The van der Waals surface area contributed by atoms with Gasteiger partial charge in [0.2, 0.25) is 5.91 Å². The Hall–Kier alpha value is -0.790. The molecule has 1 aliphatic heterocycles. The molecule has 1 heterocycles. The van der Waals surface area contributed by atoms with E-state index in [1.165, 1.54) is 0 Å². The lowest BCUT2D eigenvalue weighted by molar-refractivity contribution is -0.127. The van der Waals surface area contributed by atoms with E-state index in [1.54, 1.807) is 6.08 Å². The SMILES string of the molecule is CC(C)(C)C.CCN1C(=O)C=CC1(C)C. The van der Waals surface area contributed by atoms with Gasteiger partial charge in [0.25, 0.3) is 0 Å². The maximum atomic E-state index is 11.1. The van der Waals surface area contributed by atoms with Crippen molar-refractivity contribution in [3.05, 3.63) is 12.2 Å². The Labute approximate surface area is 94.4 Å². The number of amides is 1. The van der Waals surface area contributed by atoms with Crippen molar-refractivity contribution in [2.45, 2.75) is 54.0 Å². The van der Waals surface area contributed by atoms with Gasteiger partial charge in [-0.05, 0) is 26.2 Å². The van der Waals surface area contributed by atoms with Crippen LogP contribution in [0.4, 0.5) is 0 Å². The fourth-order valence-corrected chi connectivity index (χ4v) is 1.30. The highest BCUT2D eigenvalue weighted by Gasteiger charge is 2.30. The summed E-state index contributed by atoms with van der Waals surface area (Å²) in [4.78, 5) is 12.9. The molecule has 0 fully saturated rings. The summed E-state index contributed by atoms with van der Waals surface area (Å²) in [5, 5.41) is 0. The van der Waals surface area contributed by atoms with Gasteiger partial charge in [-0.1, -0.05) is 33.8 Å². The van der Waals surface area contributed by atoms with Gasteiger partial charge in [-0.2, -0.15) is 0 Å². The molecular formula is C13H25NO. The molecule has 88 valence electrons. The van der Waals surface area contributed by atoms with Crippen molar-refractivity contribution in [1.82, 2.24) is 4.90 Å². The van der Waals surface area contributed by atoms with Crippen LogP contribution in [0.1, 0.15) is 48.5 Å². The fourth-order valence-electron chi connectivity index (χ4n) is 1.30. The zero-order valence-corrected chi connectivity index (χ0v) is 11.2. The van der Waals surface area contributed by atoms with Crippen molar-refractivity contribution in [3.8, 4) is 0 Å². The molecule has 0 saturated carbocycles. The van der Waals surface area contributed by atoms with Crippen LogP contribution >= 0.6 is 0 Å². The third kappa shape index (κ3) is 5.60. The number of rotatable bonds is 1. The normalized spacial score (nSPS) is 18.9. The summed E-state index contributed by atoms with van der Waals surface area (Å²) in [6, 6.07) is 0. The van der Waals surface area contributed by atoms with Crippen LogP contribution < -0.4 is 0 Å². The Morgan fingerprint density at radius 3 is 1.80 bits per heavy atom. The minimum Gasteiger partial charge on any atom is -0.331 e. The van der Waals surface area contributed by atoms with E-state index in [1.807, 2.05) is 31.7 Å². The molecule has 0 aromatic carbocycles. The monoisotopic (exact) mass is 211 g/mol. The standard InChI is InChI=1S/C8H13NO.C5H12/c1-4-9-7(10)5-6-8(9,2)3;1-5(2,3)4/h5-6H,4H2,1-3H3;1-4H3. The predicted octanol–water partition coefficient (Wildman–Crippen LogP) is 3.24. The van der Waals surface area contributed by atoms with Gasteiger partial charge in [0.1, 0.15) is 0 Å². The average molecular weight is 211 g/mol. The van der Waals surface area contributed by atoms with Crippen molar-refractivity contribution >= 4 is 5.91 Å². The molecule has 0 aromatic heterocycles. The molecule has 0 N–H and O–H groups in total. The number of carbonyl (C=O) groups excluding carboxylic acids is 1. The van der Waals surface area contributed by atoms with Gasteiger partial charge in [-0.25, -0.2) is 0 Å². The van der Waals surface area contributed by atoms with Crippen LogP contribution in [0.3, 0.4) is 0 Å². The van der Waals surface area contributed by atoms with Gasteiger partial charge in [0.05, 0.1) is 5.54 Å². The molecule has 2 nitrogen and oxygen atoms in total. The smallest absolute Gasteiger partial charge is 0.246 e. The van der Waals surface area contributed by atoms with Crippen LogP contribution in [-0.4, -0.2) is 22.9 Å².